The normalized spacial score (nSPS) is 11.3. The van der Waals surface area contributed by atoms with E-state index < -0.39 is 18.6 Å². The van der Waals surface area contributed by atoms with Crippen LogP contribution in [0, 0.1) is 0 Å². The van der Waals surface area contributed by atoms with Gasteiger partial charge in [-0.1, -0.05) is 6.07 Å². The maximum Gasteiger partial charge on any atom is 0.406 e. The van der Waals surface area contributed by atoms with Crippen molar-refractivity contribution in [3.05, 3.63) is 29.8 Å². The van der Waals surface area contributed by atoms with Crippen LogP contribution in [0.5, 0.6) is 5.75 Å². The Morgan fingerprint density at radius 1 is 1.41 bits per heavy atom. The third-order valence-electron chi connectivity index (χ3n) is 2.13. The average Bonchev–Trinajstić information content (AvgIpc) is 2.23. The van der Waals surface area contributed by atoms with E-state index in [1.54, 1.807) is 0 Å². The highest BCUT2D eigenvalue weighted by atomic mass is 19.4. The van der Waals surface area contributed by atoms with Gasteiger partial charge in [-0.3, -0.25) is 4.79 Å². The maximum atomic E-state index is 12.2. The molecule has 0 unspecified atom stereocenters. The molecule has 0 bridgehead atoms. The largest absolute Gasteiger partial charge is 0.508 e. The molecule has 1 rings (SSSR count). The van der Waals surface area contributed by atoms with Crippen LogP contribution in [-0.2, 0) is 0 Å². The molecular formula is C11H12F3NO2. The molecule has 0 heterocycles. The van der Waals surface area contributed by atoms with E-state index in [-0.39, 0.29) is 17.9 Å². The molecule has 0 spiro atoms. The van der Waals surface area contributed by atoms with Crippen LogP contribution in [-0.4, -0.2) is 35.2 Å². The number of benzene rings is 1. The zero-order valence-electron chi connectivity index (χ0n) is 9.16. The summed E-state index contributed by atoms with van der Waals surface area (Å²) in [6.45, 7) is 0.123. The monoisotopic (exact) mass is 247 g/mol. The Hall–Kier alpha value is -1.72. The first kappa shape index (κ1) is 13.3. The number of carbonyl (C=O) groups excluding carboxylic acids is 1. The highest BCUT2D eigenvalue weighted by molar-refractivity contribution is 5.94. The van der Waals surface area contributed by atoms with E-state index >= 15 is 0 Å². The molecule has 0 atom stereocenters. The van der Waals surface area contributed by atoms with Gasteiger partial charge in [-0.15, -0.1) is 0 Å². The van der Waals surface area contributed by atoms with Crippen molar-refractivity contribution in [1.29, 1.82) is 0 Å². The van der Waals surface area contributed by atoms with Crippen molar-refractivity contribution < 1.29 is 23.1 Å². The summed E-state index contributed by atoms with van der Waals surface area (Å²) in [4.78, 5) is 12.4. The van der Waals surface area contributed by atoms with E-state index in [2.05, 4.69) is 0 Å². The summed E-state index contributed by atoms with van der Waals surface area (Å²) in [6.07, 6.45) is -4.43. The second kappa shape index (κ2) is 5.07. The second-order valence-electron chi connectivity index (χ2n) is 3.48. The molecule has 0 radical (unpaired) electrons. The summed E-state index contributed by atoms with van der Waals surface area (Å²) >= 11 is 0. The van der Waals surface area contributed by atoms with Gasteiger partial charge in [0, 0.05) is 12.1 Å². The molecule has 0 fully saturated rings. The van der Waals surface area contributed by atoms with E-state index in [4.69, 9.17) is 5.11 Å². The van der Waals surface area contributed by atoms with E-state index in [0.717, 1.165) is 6.07 Å². The lowest BCUT2D eigenvalue weighted by Gasteiger charge is -2.22. The fourth-order valence-corrected chi connectivity index (χ4v) is 1.37. The third kappa shape index (κ3) is 3.97. The van der Waals surface area contributed by atoms with Crippen LogP contribution < -0.4 is 0 Å². The third-order valence-corrected chi connectivity index (χ3v) is 2.13. The van der Waals surface area contributed by atoms with Gasteiger partial charge in [-0.05, 0) is 25.1 Å². The Balaban J connectivity index is 2.87. The van der Waals surface area contributed by atoms with Crippen LogP contribution in [0.15, 0.2) is 24.3 Å². The zero-order chi connectivity index (χ0) is 13.1. The van der Waals surface area contributed by atoms with Gasteiger partial charge < -0.3 is 10.0 Å². The molecule has 0 saturated heterocycles. The van der Waals surface area contributed by atoms with Crippen molar-refractivity contribution in [1.82, 2.24) is 4.90 Å². The zero-order valence-corrected chi connectivity index (χ0v) is 9.16. The molecule has 1 N–H and O–H groups in total. The molecule has 1 aromatic rings. The fraction of sp³-hybridized carbons (Fsp3) is 0.364. The van der Waals surface area contributed by atoms with Crippen LogP contribution in [0.1, 0.15) is 17.3 Å². The molecule has 3 nitrogen and oxygen atoms in total. The number of alkyl halides is 3. The Kier molecular flexibility index (Phi) is 3.98. The molecule has 0 saturated carbocycles. The van der Waals surface area contributed by atoms with E-state index in [9.17, 15) is 18.0 Å². The highest BCUT2D eigenvalue weighted by Crippen LogP contribution is 2.19. The molecule has 1 aromatic carbocycles. The molecule has 0 aliphatic heterocycles. The van der Waals surface area contributed by atoms with Crippen LogP contribution >= 0.6 is 0 Å². The topological polar surface area (TPSA) is 40.5 Å². The first-order valence-corrected chi connectivity index (χ1v) is 4.98. The highest BCUT2D eigenvalue weighted by Gasteiger charge is 2.32. The summed E-state index contributed by atoms with van der Waals surface area (Å²) < 4.78 is 36.6. The molecule has 17 heavy (non-hydrogen) atoms. The van der Waals surface area contributed by atoms with Gasteiger partial charge in [0.05, 0.1) is 0 Å². The number of amides is 1. The molecule has 6 heteroatoms. The van der Waals surface area contributed by atoms with Gasteiger partial charge in [-0.2, -0.15) is 13.2 Å². The number of phenolic OH excluding ortho intramolecular Hbond substituents is 1. The lowest BCUT2D eigenvalue weighted by molar-refractivity contribution is -0.140. The lowest BCUT2D eigenvalue weighted by atomic mass is 10.2. The van der Waals surface area contributed by atoms with Gasteiger partial charge in [0.15, 0.2) is 0 Å². The Bertz CT molecular complexity index is 404. The summed E-state index contributed by atoms with van der Waals surface area (Å²) in [5, 5.41) is 9.16. The minimum atomic E-state index is -4.43. The number of carbonyl (C=O) groups is 1. The van der Waals surface area contributed by atoms with E-state index in [1.807, 2.05) is 0 Å². The summed E-state index contributed by atoms with van der Waals surface area (Å²) in [5.41, 5.74) is 0.0381. The number of phenols is 1. The molecule has 0 aliphatic rings. The van der Waals surface area contributed by atoms with Crippen molar-refractivity contribution in [3.8, 4) is 5.75 Å². The van der Waals surface area contributed by atoms with E-state index in [0.29, 0.717) is 4.90 Å². The van der Waals surface area contributed by atoms with Crippen LogP contribution in [0.2, 0.25) is 0 Å². The van der Waals surface area contributed by atoms with Gasteiger partial charge in [0.2, 0.25) is 0 Å². The standard InChI is InChI=1S/C11H12F3NO2/c1-2-15(7-11(12,13)14)10(17)8-4-3-5-9(16)6-8/h3-6,16H,2,7H2,1H3. The summed E-state index contributed by atoms with van der Waals surface area (Å²) in [5.74, 6) is -0.903. The Morgan fingerprint density at radius 3 is 2.53 bits per heavy atom. The number of hydrogen-bond donors (Lipinski definition) is 1. The first-order valence-electron chi connectivity index (χ1n) is 4.98. The second-order valence-corrected chi connectivity index (χ2v) is 3.48. The predicted molar refractivity (Wildman–Crippen MR) is 55.7 cm³/mol. The summed E-state index contributed by atoms with van der Waals surface area (Å²) in [6, 6.07) is 5.25. The Morgan fingerprint density at radius 2 is 2.06 bits per heavy atom. The lowest BCUT2D eigenvalue weighted by Crippen LogP contribution is -2.38. The number of aromatic hydroxyl groups is 1. The fourth-order valence-electron chi connectivity index (χ4n) is 1.37. The van der Waals surface area contributed by atoms with Crippen LogP contribution in [0.25, 0.3) is 0 Å². The average molecular weight is 247 g/mol. The van der Waals surface area contributed by atoms with Crippen molar-refractivity contribution in [2.24, 2.45) is 0 Å². The minimum Gasteiger partial charge on any atom is -0.508 e. The van der Waals surface area contributed by atoms with Gasteiger partial charge >= 0.3 is 6.18 Å². The van der Waals surface area contributed by atoms with E-state index in [1.165, 1.54) is 25.1 Å². The first-order chi connectivity index (χ1) is 7.83. The number of nitrogens with zero attached hydrogens (tertiary/aromatic N) is 1. The maximum absolute atomic E-state index is 12.2. The minimum absolute atomic E-state index is 0.0381. The number of rotatable bonds is 3. The van der Waals surface area contributed by atoms with Gasteiger partial charge in [-0.25, -0.2) is 0 Å². The number of halogens is 3. The van der Waals surface area contributed by atoms with Crippen molar-refractivity contribution in [2.45, 2.75) is 13.1 Å². The smallest absolute Gasteiger partial charge is 0.406 e. The SMILES string of the molecule is CCN(CC(F)(F)F)C(=O)c1cccc(O)c1. The molecular weight excluding hydrogens is 235 g/mol. The van der Waals surface area contributed by atoms with Crippen molar-refractivity contribution >= 4 is 5.91 Å². The van der Waals surface area contributed by atoms with Crippen molar-refractivity contribution in [2.75, 3.05) is 13.1 Å². The summed E-state index contributed by atoms with van der Waals surface area (Å²) in [7, 11) is 0. The Labute approximate surface area is 96.5 Å². The molecule has 0 aromatic heterocycles. The predicted octanol–water partition coefficient (Wildman–Crippen LogP) is 2.42. The van der Waals surface area contributed by atoms with Crippen LogP contribution in [0.3, 0.4) is 0 Å². The molecule has 0 aliphatic carbocycles. The number of hydrogen-bond acceptors (Lipinski definition) is 2. The molecule has 1 amide bonds. The van der Waals surface area contributed by atoms with Gasteiger partial charge in [0.1, 0.15) is 12.3 Å². The van der Waals surface area contributed by atoms with Crippen LogP contribution in [0.4, 0.5) is 13.2 Å². The van der Waals surface area contributed by atoms with Crippen molar-refractivity contribution in [3.63, 3.8) is 0 Å². The van der Waals surface area contributed by atoms with Gasteiger partial charge in [0.25, 0.3) is 5.91 Å². The quantitative estimate of drug-likeness (QED) is 0.891. The molecule has 94 valence electrons.